The van der Waals surface area contributed by atoms with Crippen molar-refractivity contribution in [1.29, 1.82) is 0 Å². The van der Waals surface area contributed by atoms with Crippen molar-refractivity contribution < 1.29 is 4.74 Å². The topological polar surface area (TPSA) is 95.1 Å². The van der Waals surface area contributed by atoms with Crippen LogP contribution in [-0.2, 0) is 6.54 Å². The molecule has 0 saturated carbocycles. The Morgan fingerprint density at radius 3 is 2.70 bits per heavy atom. The molecule has 0 amide bonds. The minimum absolute atomic E-state index is 0.637. The summed E-state index contributed by atoms with van der Waals surface area (Å²) in [5, 5.41) is 11.2. The third kappa shape index (κ3) is 3.44. The third-order valence-corrected chi connectivity index (χ3v) is 4.75. The SMILES string of the molecule is COc1ccn2c(-c3cc(NCc4ccc(-n5ccnn5)cc4)ncn3)cnc2c1. The fraction of sp³-hybridized carbons (Fsp3) is 0.0952. The number of rotatable bonds is 6. The number of hydrogen-bond acceptors (Lipinski definition) is 7. The summed E-state index contributed by atoms with van der Waals surface area (Å²) in [5.41, 5.74) is 4.55. The Balaban J connectivity index is 1.33. The number of nitrogens with one attached hydrogen (secondary N) is 1. The molecule has 0 radical (unpaired) electrons. The molecule has 30 heavy (non-hydrogen) atoms. The lowest BCUT2D eigenvalue weighted by Crippen LogP contribution is -2.03. The fourth-order valence-electron chi connectivity index (χ4n) is 3.18. The molecule has 0 fully saturated rings. The van der Waals surface area contributed by atoms with Crippen molar-refractivity contribution in [3.05, 3.63) is 79.1 Å². The number of hydrogen-bond donors (Lipinski definition) is 1. The number of fused-ring (bicyclic) bond motifs is 1. The second-order valence-electron chi connectivity index (χ2n) is 6.59. The molecule has 1 N–H and O–H groups in total. The lowest BCUT2D eigenvalue weighted by molar-refractivity contribution is 0.414. The normalized spacial score (nSPS) is 11.0. The van der Waals surface area contributed by atoms with Crippen LogP contribution in [0.1, 0.15) is 5.56 Å². The van der Waals surface area contributed by atoms with E-state index < -0.39 is 0 Å². The van der Waals surface area contributed by atoms with Crippen LogP contribution in [0.4, 0.5) is 5.82 Å². The summed E-state index contributed by atoms with van der Waals surface area (Å²) in [6.07, 6.45) is 8.73. The first-order chi connectivity index (χ1) is 14.8. The zero-order valence-electron chi connectivity index (χ0n) is 16.2. The van der Waals surface area contributed by atoms with Crippen LogP contribution in [0.15, 0.2) is 73.6 Å². The van der Waals surface area contributed by atoms with Gasteiger partial charge in [0.25, 0.3) is 0 Å². The summed E-state index contributed by atoms with van der Waals surface area (Å²) >= 11 is 0. The van der Waals surface area contributed by atoms with Crippen LogP contribution in [0.2, 0.25) is 0 Å². The van der Waals surface area contributed by atoms with E-state index in [9.17, 15) is 0 Å². The van der Waals surface area contributed by atoms with Crippen LogP contribution < -0.4 is 10.1 Å². The van der Waals surface area contributed by atoms with Crippen LogP contribution >= 0.6 is 0 Å². The Labute approximate surface area is 172 Å². The van der Waals surface area contributed by atoms with Crippen molar-refractivity contribution >= 4 is 11.5 Å². The van der Waals surface area contributed by atoms with Gasteiger partial charge in [-0.1, -0.05) is 17.3 Å². The van der Waals surface area contributed by atoms with Gasteiger partial charge in [0.1, 0.15) is 23.5 Å². The molecule has 0 saturated heterocycles. The number of nitrogens with zero attached hydrogens (tertiary/aromatic N) is 7. The number of benzene rings is 1. The van der Waals surface area contributed by atoms with Gasteiger partial charge >= 0.3 is 0 Å². The minimum Gasteiger partial charge on any atom is -0.497 e. The zero-order valence-corrected chi connectivity index (χ0v) is 16.2. The molecule has 0 atom stereocenters. The van der Waals surface area contributed by atoms with Gasteiger partial charge in [0.15, 0.2) is 0 Å². The van der Waals surface area contributed by atoms with Gasteiger partial charge < -0.3 is 10.1 Å². The highest BCUT2D eigenvalue weighted by Gasteiger charge is 2.09. The van der Waals surface area contributed by atoms with E-state index in [1.165, 1.54) is 0 Å². The highest BCUT2D eigenvalue weighted by molar-refractivity contribution is 5.63. The van der Waals surface area contributed by atoms with Gasteiger partial charge in [0, 0.05) is 24.9 Å². The minimum atomic E-state index is 0.637. The highest BCUT2D eigenvalue weighted by Crippen LogP contribution is 2.23. The van der Waals surface area contributed by atoms with Gasteiger partial charge in [-0.3, -0.25) is 4.40 Å². The van der Waals surface area contributed by atoms with Crippen LogP contribution in [0, 0.1) is 0 Å². The Morgan fingerprint density at radius 2 is 1.90 bits per heavy atom. The molecule has 0 bridgehead atoms. The fourth-order valence-corrected chi connectivity index (χ4v) is 3.18. The second kappa shape index (κ2) is 7.63. The largest absolute Gasteiger partial charge is 0.497 e. The van der Waals surface area contributed by atoms with E-state index in [0.29, 0.717) is 6.54 Å². The Morgan fingerprint density at radius 1 is 1.00 bits per heavy atom. The zero-order chi connectivity index (χ0) is 20.3. The summed E-state index contributed by atoms with van der Waals surface area (Å²) < 4.78 is 8.95. The van der Waals surface area contributed by atoms with Gasteiger partial charge in [-0.25, -0.2) is 19.6 Å². The van der Waals surface area contributed by atoms with Crippen LogP contribution in [-0.4, -0.2) is 41.5 Å². The highest BCUT2D eigenvalue weighted by atomic mass is 16.5. The molecular weight excluding hydrogens is 380 g/mol. The first-order valence-electron chi connectivity index (χ1n) is 9.33. The molecule has 0 unspecified atom stereocenters. The molecule has 148 valence electrons. The molecule has 5 rings (SSSR count). The summed E-state index contributed by atoms with van der Waals surface area (Å²) in [6.45, 7) is 0.637. The first-order valence-corrected chi connectivity index (χ1v) is 9.33. The second-order valence-corrected chi connectivity index (χ2v) is 6.59. The number of imidazole rings is 1. The third-order valence-electron chi connectivity index (χ3n) is 4.75. The Hall–Kier alpha value is -4.27. The van der Waals surface area contributed by atoms with Crippen molar-refractivity contribution in [1.82, 2.24) is 34.3 Å². The Bertz CT molecular complexity index is 1280. The summed E-state index contributed by atoms with van der Waals surface area (Å²) in [4.78, 5) is 13.2. The number of aromatic nitrogens is 7. The molecule has 9 heteroatoms. The molecule has 0 aliphatic heterocycles. The maximum atomic E-state index is 5.26. The molecule has 1 aromatic carbocycles. The smallest absolute Gasteiger partial charge is 0.140 e. The van der Waals surface area contributed by atoms with Crippen molar-refractivity contribution in [3.63, 3.8) is 0 Å². The predicted molar refractivity (Wildman–Crippen MR) is 111 cm³/mol. The number of anilines is 1. The van der Waals surface area contributed by atoms with Gasteiger partial charge in [-0.05, 0) is 23.8 Å². The summed E-state index contributed by atoms with van der Waals surface area (Å²) in [6, 6.07) is 13.8. The van der Waals surface area contributed by atoms with Crippen molar-refractivity contribution in [2.75, 3.05) is 12.4 Å². The van der Waals surface area contributed by atoms with Gasteiger partial charge in [-0.15, -0.1) is 5.10 Å². The average Bonchev–Trinajstić information content (AvgIpc) is 3.48. The molecule has 0 aliphatic carbocycles. The van der Waals surface area contributed by atoms with Gasteiger partial charge in [0.05, 0.1) is 42.8 Å². The van der Waals surface area contributed by atoms with Gasteiger partial charge in [0.2, 0.25) is 0 Å². The van der Waals surface area contributed by atoms with E-state index in [-0.39, 0.29) is 0 Å². The van der Waals surface area contributed by atoms with E-state index in [1.807, 2.05) is 59.3 Å². The predicted octanol–water partition coefficient (Wildman–Crippen LogP) is 2.99. The maximum absolute atomic E-state index is 5.26. The van der Waals surface area contributed by atoms with E-state index in [1.54, 1.807) is 30.5 Å². The van der Waals surface area contributed by atoms with E-state index in [4.69, 9.17) is 4.74 Å². The number of pyridine rings is 1. The van der Waals surface area contributed by atoms with Crippen molar-refractivity contribution in [2.45, 2.75) is 6.54 Å². The van der Waals surface area contributed by atoms with Crippen molar-refractivity contribution in [2.24, 2.45) is 0 Å². The standard InChI is InChI=1S/C21H18N8O/c1-30-17-6-8-28-19(13-23-21(28)10-17)18-11-20(25-14-24-18)22-12-15-2-4-16(5-3-15)29-9-7-26-27-29/h2-11,13-14H,12H2,1H3,(H,22,24,25). The van der Waals surface area contributed by atoms with E-state index in [2.05, 4.69) is 30.6 Å². The van der Waals surface area contributed by atoms with E-state index in [0.717, 1.165) is 39.9 Å². The molecule has 9 nitrogen and oxygen atoms in total. The monoisotopic (exact) mass is 398 g/mol. The lowest BCUT2D eigenvalue weighted by atomic mass is 10.2. The van der Waals surface area contributed by atoms with Gasteiger partial charge in [-0.2, -0.15) is 0 Å². The first kappa shape index (κ1) is 17.8. The number of ether oxygens (including phenoxy) is 1. The Kier molecular flexibility index (Phi) is 4.53. The maximum Gasteiger partial charge on any atom is 0.140 e. The molecule has 0 aliphatic rings. The molecule has 4 aromatic heterocycles. The summed E-state index contributed by atoms with van der Waals surface area (Å²) in [5.74, 6) is 1.50. The van der Waals surface area contributed by atoms with Crippen LogP contribution in [0.25, 0.3) is 22.7 Å². The molecule has 4 heterocycles. The van der Waals surface area contributed by atoms with Crippen LogP contribution in [0.5, 0.6) is 5.75 Å². The average molecular weight is 398 g/mol. The molecular formula is C21H18N8O. The number of methoxy groups -OCH3 is 1. The molecule has 5 aromatic rings. The molecule has 0 spiro atoms. The van der Waals surface area contributed by atoms with Crippen LogP contribution in [0.3, 0.4) is 0 Å². The quantitative estimate of drug-likeness (QED) is 0.470. The van der Waals surface area contributed by atoms with Crippen molar-refractivity contribution in [3.8, 4) is 22.8 Å². The lowest BCUT2D eigenvalue weighted by Gasteiger charge is -2.08. The summed E-state index contributed by atoms with van der Waals surface area (Å²) in [7, 11) is 1.64. The van der Waals surface area contributed by atoms with E-state index >= 15 is 0 Å².